The maximum atomic E-state index is 10.7. The molecule has 0 spiro atoms. The van der Waals surface area contributed by atoms with E-state index in [-0.39, 0.29) is 12.6 Å². The molecular weight excluding hydrogens is 228 g/mol. The van der Waals surface area contributed by atoms with Crippen molar-refractivity contribution in [3.8, 4) is 0 Å². The fourth-order valence-electron chi connectivity index (χ4n) is 1.77. The van der Waals surface area contributed by atoms with Crippen LogP contribution in [0.25, 0.3) is 0 Å². The number of aliphatic hydroxyl groups excluding tert-OH is 1. The molecule has 4 N–H and O–H groups in total. The van der Waals surface area contributed by atoms with Gasteiger partial charge in [-0.1, -0.05) is 37.6 Å². The van der Waals surface area contributed by atoms with Gasteiger partial charge in [-0.15, -0.1) is 0 Å². The number of amides is 1. The number of hydrogen-bond acceptors (Lipinski definition) is 3. The summed E-state index contributed by atoms with van der Waals surface area (Å²) >= 11 is 0. The minimum atomic E-state index is -1.13. The lowest BCUT2D eigenvalue weighted by atomic mass is 10.0. The Hall–Kier alpha value is -1.39. The van der Waals surface area contributed by atoms with Crippen LogP contribution in [-0.4, -0.2) is 23.7 Å². The van der Waals surface area contributed by atoms with Crippen LogP contribution in [0.15, 0.2) is 24.3 Å². The molecule has 0 saturated carbocycles. The fraction of sp³-hybridized carbons (Fsp3) is 0.500. The minimum Gasteiger partial charge on any atom is -0.382 e. The van der Waals surface area contributed by atoms with Crippen LogP contribution in [0.5, 0.6) is 0 Å². The molecule has 0 fully saturated rings. The third-order valence-electron chi connectivity index (χ3n) is 2.96. The smallest absolute Gasteiger partial charge is 0.247 e. The van der Waals surface area contributed by atoms with Crippen LogP contribution in [0, 0.1) is 0 Å². The Morgan fingerprint density at radius 1 is 1.39 bits per heavy atom. The number of carbonyl (C=O) groups is 1. The summed E-state index contributed by atoms with van der Waals surface area (Å²) < 4.78 is 0. The highest BCUT2D eigenvalue weighted by Gasteiger charge is 2.12. The van der Waals surface area contributed by atoms with E-state index in [2.05, 4.69) is 36.5 Å². The van der Waals surface area contributed by atoms with E-state index in [4.69, 9.17) is 5.73 Å². The quantitative estimate of drug-likeness (QED) is 0.679. The van der Waals surface area contributed by atoms with Crippen molar-refractivity contribution in [3.63, 3.8) is 0 Å². The Morgan fingerprint density at radius 3 is 2.50 bits per heavy atom. The Morgan fingerprint density at radius 2 is 2.00 bits per heavy atom. The van der Waals surface area contributed by atoms with Crippen LogP contribution in [0.2, 0.25) is 0 Å². The summed E-state index contributed by atoms with van der Waals surface area (Å²) in [6.45, 7) is 4.32. The number of aliphatic hydroxyl groups is 1. The van der Waals surface area contributed by atoms with Crippen molar-refractivity contribution in [2.45, 2.75) is 38.8 Å². The zero-order chi connectivity index (χ0) is 13.5. The van der Waals surface area contributed by atoms with Crippen molar-refractivity contribution in [1.82, 2.24) is 5.32 Å². The van der Waals surface area contributed by atoms with Crippen LogP contribution in [0.4, 0.5) is 0 Å². The van der Waals surface area contributed by atoms with Crippen molar-refractivity contribution < 1.29 is 9.90 Å². The van der Waals surface area contributed by atoms with Crippen molar-refractivity contribution in [1.29, 1.82) is 0 Å². The van der Waals surface area contributed by atoms with E-state index in [1.165, 1.54) is 5.56 Å². The van der Waals surface area contributed by atoms with Gasteiger partial charge in [0.2, 0.25) is 5.91 Å². The molecule has 1 aromatic carbocycles. The van der Waals surface area contributed by atoms with Gasteiger partial charge in [-0.3, -0.25) is 4.79 Å². The molecular formula is C14H22N2O2. The highest BCUT2D eigenvalue weighted by atomic mass is 16.3. The normalized spacial score (nSPS) is 14.2. The largest absolute Gasteiger partial charge is 0.382 e. The predicted octanol–water partition coefficient (Wildman–Crippen LogP) is 1.14. The molecule has 2 unspecified atom stereocenters. The van der Waals surface area contributed by atoms with Gasteiger partial charge in [0.05, 0.1) is 0 Å². The van der Waals surface area contributed by atoms with Gasteiger partial charge in [-0.05, 0) is 24.5 Å². The number of benzene rings is 1. The van der Waals surface area contributed by atoms with Gasteiger partial charge in [0.25, 0.3) is 0 Å². The van der Waals surface area contributed by atoms with Crippen molar-refractivity contribution in [2.24, 2.45) is 5.73 Å². The number of primary amides is 1. The molecule has 1 amide bonds. The summed E-state index contributed by atoms with van der Waals surface area (Å²) in [5, 5.41) is 12.4. The molecule has 1 aromatic rings. The van der Waals surface area contributed by atoms with Gasteiger partial charge in [0.1, 0.15) is 6.10 Å². The van der Waals surface area contributed by atoms with Crippen LogP contribution in [0.1, 0.15) is 37.4 Å². The molecule has 0 aliphatic rings. The number of nitrogens with one attached hydrogen (secondary N) is 1. The van der Waals surface area contributed by atoms with Gasteiger partial charge in [0.15, 0.2) is 0 Å². The Kier molecular flexibility index (Phi) is 5.82. The molecule has 4 nitrogen and oxygen atoms in total. The van der Waals surface area contributed by atoms with Crippen LogP contribution >= 0.6 is 0 Å². The maximum absolute atomic E-state index is 10.7. The van der Waals surface area contributed by atoms with E-state index >= 15 is 0 Å². The van der Waals surface area contributed by atoms with E-state index in [0.717, 1.165) is 18.4 Å². The second kappa shape index (κ2) is 7.13. The van der Waals surface area contributed by atoms with E-state index < -0.39 is 12.0 Å². The van der Waals surface area contributed by atoms with E-state index in [0.29, 0.717) is 0 Å². The van der Waals surface area contributed by atoms with Gasteiger partial charge in [-0.25, -0.2) is 0 Å². The molecule has 100 valence electrons. The number of carbonyl (C=O) groups excluding carboxylic acids is 1. The first-order valence-electron chi connectivity index (χ1n) is 6.34. The number of rotatable bonds is 7. The summed E-state index contributed by atoms with van der Waals surface area (Å²) in [6, 6.07) is 8.44. The number of aryl methyl sites for hydroxylation is 1. The van der Waals surface area contributed by atoms with Crippen molar-refractivity contribution in [2.75, 3.05) is 6.54 Å². The first-order valence-corrected chi connectivity index (χ1v) is 6.34. The van der Waals surface area contributed by atoms with Crippen molar-refractivity contribution in [3.05, 3.63) is 35.4 Å². The third-order valence-corrected chi connectivity index (χ3v) is 2.96. The van der Waals surface area contributed by atoms with E-state index in [9.17, 15) is 9.90 Å². The second-order valence-electron chi connectivity index (χ2n) is 4.54. The molecule has 0 aromatic heterocycles. The molecule has 4 heteroatoms. The molecule has 0 bridgehead atoms. The SMILES string of the molecule is CCCc1ccc(C(C)NCC(O)C(N)=O)cc1. The Labute approximate surface area is 108 Å². The van der Waals surface area contributed by atoms with Crippen LogP contribution < -0.4 is 11.1 Å². The molecule has 0 aliphatic carbocycles. The Bertz CT molecular complexity index is 376. The first-order chi connectivity index (χ1) is 8.54. The Balaban J connectivity index is 2.50. The van der Waals surface area contributed by atoms with Gasteiger partial charge in [-0.2, -0.15) is 0 Å². The molecule has 2 atom stereocenters. The highest BCUT2D eigenvalue weighted by Crippen LogP contribution is 2.14. The van der Waals surface area contributed by atoms with E-state index in [1.54, 1.807) is 0 Å². The monoisotopic (exact) mass is 250 g/mol. The molecule has 0 heterocycles. The maximum Gasteiger partial charge on any atom is 0.247 e. The van der Waals surface area contributed by atoms with Gasteiger partial charge < -0.3 is 16.2 Å². The average molecular weight is 250 g/mol. The van der Waals surface area contributed by atoms with Crippen molar-refractivity contribution >= 4 is 5.91 Å². The lowest BCUT2D eigenvalue weighted by Crippen LogP contribution is -2.38. The predicted molar refractivity (Wildman–Crippen MR) is 72.1 cm³/mol. The topological polar surface area (TPSA) is 75.3 Å². The van der Waals surface area contributed by atoms with Gasteiger partial charge in [0, 0.05) is 12.6 Å². The minimum absolute atomic E-state index is 0.0784. The molecule has 1 rings (SSSR count). The second-order valence-corrected chi connectivity index (χ2v) is 4.54. The number of nitrogens with two attached hydrogens (primary N) is 1. The zero-order valence-corrected chi connectivity index (χ0v) is 11.0. The lowest BCUT2D eigenvalue weighted by molar-refractivity contribution is -0.125. The standard InChI is InChI=1S/C14H22N2O2/c1-3-4-11-5-7-12(8-6-11)10(2)16-9-13(17)14(15)18/h5-8,10,13,16-17H,3-4,9H2,1-2H3,(H2,15,18). The summed E-state index contributed by atoms with van der Waals surface area (Å²) in [6.07, 6.45) is 1.09. The van der Waals surface area contributed by atoms with Crippen LogP contribution in [-0.2, 0) is 11.2 Å². The lowest BCUT2D eigenvalue weighted by Gasteiger charge is -2.16. The summed E-state index contributed by atoms with van der Waals surface area (Å²) in [5.74, 6) is -0.701. The summed E-state index contributed by atoms with van der Waals surface area (Å²) in [5.41, 5.74) is 7.44. The number of hydrogen-bond donors (Lipinski definition) is 3. The highest BCUT2D eigenvalue weighted by molar-refractivity contribution is 5.78. The fourth-order valence-corrected chi connectivity index (χ4v) is 1.77. The zero-order valence-electron chi connectivity index (χ0n) is 11.0. The molecule has 18 heavy (non-hydrogen) atoms. The molecule has 0 radical (unpaired) electrons. The molecule has 0 aliphatic heterocycles. The summed E-state index contributed by atoms with van der Waals surface area (Å²) in [4.78, 5) is 10.7. The molecule has 0 saturated heterocycles. The summed E-state index contributed by atoms with van der Waals surface area (Å²) in [7, 11) is 0. The van der Waals surface area contributed by atoms with Gasteiger partial charge >= 0.3 is 0 Å². The third kappa shape index (κ3) is 4.47. The van der Waals surface area contributed by atoms with Crippen LogP contribution in [0.3, 0.4) is 0 Å². The average Bonchev–Trinajstić information content (AvgIpc) is 2.36. The first kappa shape index (κ1) is 14.7. The van der Waals surface area contributed by atoms with E-state index in [1.807, 2.05) is 6.92 Å².